The molecule has 4 N–H and O–H groups in total. The topological polar surface area (TPSA) is 202 Å². The number of sulfonamides is 1. The number of aromatic nitrogens is 1. The van der Waals surface area contributed by atoms with Crippen LogP contribution in [-0.2, 0) is 29.1 Å². The number of carbonyl (C=O) groups excluding carboxylic acids is 5. The minimum atomic E-state index is -3.90. The van der Waals surface area contributed by atoms with Gasteiger partial charge < -0.3 is 30.3 Å². The van der Waals surface area contributed by atoms with E-state index in [9.17, 15) is 32.4 Å². The molecule has 3 fully saturated rings. The second-order valence-corrected chi connectivity index (χ2v) is 16.7. The summed E-state index contributed by atoms with van der Waals surface area (Å²) in [6.45, 7) is 0.414. The van der Waals surface area contributed by atoms with E-state index in [1.807, 2.05) is 36.4 Å². The quantitative estimate of drug-likeness (QED) is 0.337. The van der Waals surface area contributed by atoms with Crippen LogP contribution in [0.2, 0.25) is 0 Å². The van der Waals surface area contributed by atoms with Gasteiger partial charge in [0.25, 0.3) is 11.8 Å². The van der Waals surface area contributed by atoms with E-state index < -0.39 is 74.6 Å². The maximum absolute atomic E-state index is 14.4. The van der Waals surface area contributed by atoms with Crippen molar-refractivity contribution < 1.29 is 41.9 Å². The zero-order chi connectivity index (χ0) is 37.9. The molecule has 1 unspecified atom stereocenters. The van der Waals surface area contributed by atoms with Gasteiger partial charge in [-0.15, -0.1) is 0 Å². The Morgan fingerprint density at radius 3 is 2.50 bits per heavy atom. The summed E-state index contributed by atoms with van der Waals surface area (Å²) < 4.78 is 39.1. The highest BCUT2D eigenvalue weighted by atomic mass is 32.2. The molecule has 1 aromatic carbocycles. The van der Waals surface area contributed by atoms with Gasteiger partial charge in [-0.25, -0.2) is 18.2 Å². The number of hydrogen-bond donors (Lipinski definition) is 4. The monoisotopic (exact) mass is 762 g/mol. The van der Waals surface area contributed by atoms with E-state index in [0.717, 1.165) is 18.4 Å². The summed E-state index contributed by atoms with van der Waals surface area (Å²) in [6, 6.07) is 9.54. The summed E-state index contributed by atoms with van der Waals surface area (Å²) in [5.41, 5.74) is -0.104. The average Bonchev–Trinajstić information content (AvgIpc) is 4.08. The molecule has 15 nitrogen and oxygen atoms in total. The molecule has 2 aliphatic carbocycles. The lowest BCUT2D eigenvalue weighted by molar-refractivity contribution is -0.141. The molecular weight excluding hydrogens is 717 g/mol. The average molecular weight is 763 g/mol. The smallest absolute Gasteiger partial charge is 0.407 e. The molecule has 3 aliphatic heterocycles. The molecule has 5 aliphatic rings. The van der Waals surface area contributed by atoms with Crippen LogP contribution in [0.4, 0.5) is 4.79 Å². The lowest BCUT2D eigenvalue weighted by Crippen LogP contribution is -2.58. The van der Waals surface area contributed by atoms with E-state index in [-0.39, 0.29) is 38.1 Å². The predicted octanol–water partition coefficient (Wildman–Crippen LogP) is 2.72. The lowest BCUT2D eigenvalue weighted by atomic mass is 10.0. The van der Waals surface area contributed by atoms with Crippen molar-refractivity contribution in [3.63, 3.8) is 0 Å². The number of nitrogens with zero attached hydrogens (tertiary/aromatic N) is 2. The fraction of sp³-hybridized carbons (Fsp3) is 0.526. The Morgan fingerprint density at radius 2 is 1.69 bits per heavy atom. The van der Waals surface area contributed by atoms with Gasteiger partial charge in [0.1, 0.15) is 29.1 Å². The number of nitrogens with one attached hydrogen (secondary N) is 4. The molecule has 2 aromatic rings. The summed E-state index contributed by atoms with van der Waals surface area (Å²) in [5, 5.41) is 7.85. The van der Waals surface area contributed by atoms with Crippen LogP contribution in [0.3, 0.4) is 0 Å². The number of ether oxygens (including phenoxy) is 2. The molecule has 5 atom stereocenters. The third-order valence-corrected chi connectivity index (χ3v) is 12.5. The first-order chi connectivity index (χ1) is 26.0. The Labute approximate surface area is 314 Å². The molecule has 16 heteroatoms. The number of amides is 5. The molecule has 54 heavy (non-hydrogen) atoms. The first-order valence-electron chi connectivity index (χ1n) is 18.8. The Hall–Kier alpha value is -4.99. The van der Waals surface area contributed by atoms with Crippen LogP contribution in [0.25, 0.3) is 11.3 Å². The Kier molecular flexibility index (Phi) is 10.9. The molecule has 288 valence electrons. The Bertz CT molecular complexity index is 1930. The van der Waals surface area contributed by atoms with Crippen LogP contribution in [0, 0.1) is 5.92 Å². The van der Waals surface area contributed by atoms with Gasteiger partial charge in [-0.1, -0.05) is 43.2 Å². The van der Waals surface area contributed by atoms with Crippen molar-refractivity contribution in [2.75, 3.05) is 19.8 Å². The van der Waals surface area contributed by atoms with Gasteiger partial charge >= 0.3 is 6.09 Å². The standard InChI is InChI=1S/C38H46N6O9S/c45-33-30-15-9-14-29(40-30)24-10-8-12-27(20-24)52-18-6-7-19-53-37(49)41-31-13-5-3-1-2-4-11-25-22-38(25,36(48)43-54(50,51)28-16-17-28)42-34(46)32-21-26(39-33)23-44(32)35(31)47/h4,8-12,14-15,20,25-26,28,31-32H,1-3,5-7,13,16-19,21-23H2,(H,39,45)(H,41,49)(H,42,46)(H,43,48)/b11-4-/t25-,26-,31+,32+,38?/m1/s1. The molecule has 0 spiro atoms. The van der Waals surface area contributed by atoms with Gasteiger partial charge in [-0.2, -0.15) is 0 Å². The maximum Gasteiger partial charge on any atom is 0.407 e. The van der Waals surface area contributed by atoms with Crippen LogP contribution in [0.15, 0.2) is 54.6 Å². The Balaban J connectivity index is 1.19. The van der Waals surface area contributed by atoms with Crippen LogP contribution in [0.5, 0.6) is 5.75 Å². The van der Waals surface area contributed by atoms with E-state index >= 15 is 0 Å². The van der Waals surface area contributed by atoms with E-state index in [4.69, 9.17) is 9.47 Å². The normalized spacial score (nSPS) is 28.9. The summed E-state index contributed by atoms with van der Waals surface area (Å²) in [4.78, 5) is 74.9. The molecule has 7 bridgehead atoms. The first kappa shape index (κ1) is 37.3. The van der Waals surface area contributed by atoms with Crippen molar-refractivity contribution in [1.82, 2.24) is 30.6 Å². The minimum Gasteiger partial charge on any atom is -0.494 e. The van der Waals surface area contributed by atoms with Gasteiger partial charge in [0.15, 0.2) is 0 Å². The van der Waals surface area contributed by atoms with Gasteiger partial charge in [-0.3, -0.25) is 23.9 Å². The van der Waals surface area contributed by atoms with E-state index in [0.29, 0.717) is 56.6 Å². The number of benzene rings is 1. The van der Waals surface area contributed by atoms with Crippen molar-refractivity contribution in [2.45, 2.75) is 99.5 Å². The summed E-state index contributed by atoms with van der Waals surface area (Å²) in [7, 11) is -3.90. The largest absolute Gasteiger partial charge is 0.494 e. The zero-order valence-corrected chi connectivity index (χ0v) is 30.8. The molecule has 5 amide bonds. The summed E-state index contributed by atoms with van der Waals surface area (Å²) >= 11 is 0. The number of fused-ring (bicyclic) bond motifs is 8. The van der Waals surface area contributed by atoms with E-state index in [1.54, 1.807) is 18.2 Å². The lowest BCUT2D eigenvalue weighted by Gasteiger charge is -2.30. The SMILES string of the molecule is O=C1N[C@H]2CCCCC/C=C\[C@@H]3CC3(C(=O)NS(=O)(=O)C3CC3)NC(=O)[C@@H]3C[C@H](CN3C2=O)NC(=O)c2cccc(n2)-c2cccc(c2)OCCCCO1. The summed E-state index contributed by atoms with van der Waals surface area (Å²) in [5.74, 6) is -2.34. The fourth-order valence-corrected chi connectivity index (χ4v) is 8.74. The fourth-order valence-electron chi connectivity index (χ4n) is 7.37. The van der Waals surface area contributed by atoms with Crippen LogP contribution in [0.1, 0.15) is 81.1 Å². The van der Waals surface area contributed by atoms with Crippen molar-refractivity contribution in [3.8, 4) is 17.0 Å². The highest BCUT2D eigenvalue weighted by Crippen LogP contribution is 2.46. The van der Waals surface area contributed by atoms with Crippen molar-refractivity contribution in [1.29, 1.82) is 0 Å². The number of alkyl carbamates (subject to hydrolysis) is 1. The Morgan fingerprint density at radius 1 is 0.907 bits per heavy atom. The summed E-state index contributed by atoms with van der Waals surface area (Å²) in [6.07, 6.45) is 8.32. The second kappa shape index (κ2) is 15.8. The number of rotatable bonds is 3. The second-order valence-electron chi connectivity index (χ2n) is 14.7. The van der Waals surface area contributed by atoms with Crippen molar-refractivity contribution in [3.05, 3.63) is 60.3 Å². The van der Waals surface area contributed by atoms with Crippen LogP contribution in [-0.4, -0.2) is 96.7 Å². The number of carbonyl (C=O) groups is 5. The highest BCUT2D eigenvalue weighted by Gasteiger charge is 2.62. The van der Waals surface area contributed by atoms with E-state index in [2.05, 4.69) is 25.7 Å². The number of allylic oxidation sites excluding steroid dienone is 1. The molecule has 7 rings (SSSR count). The van der Waals surface area contributed by atoms with Crippen LogP contribution < -0.4 is 25.4 Å². The van der Waals surface area contributed by atoms with Gasteiger partial charge in [0.05, 0.1) is 24.2 Å². The molecule has 4 heterocycles. The van der Waals surface area contributed by atoms with Crippen molar-refractivity contribution in [2.24, 2.45) is 5.92 Å². The molecule has 1 aromatic heterocycles. The third-order valence-electron chi connectivity index (χ3n) is 10.7. The van der Waals surface area contributed by atoms with Crippen LogP contribution >= 0.6 is 0 Å². The van der Waals surface area contributed by atoms with Crippen molar-refractivity contribution >= 4 is 39.7 Å². The molecule has 1 saturated heterocycles. The van der Waals surface area contributed by atoms with Gasteiger partial charge in [0, 0.05) is 24.1 Å². The van der Waals surface area contributed by atoms with E-state index in [1.165, 1.54) is 4.90 Å². The zero-order valence-electron chi connectivity index (χ0n) is 30.0. The maximum atomic E-state index is 14.4. The number of hydrogen-bond acceptors (Lipinski definition) is 10. The predicted molar refractivity (Wildman–Crippen MR) is 195 cm³/mol. The highest BCUT2D eigenvalue weighted by molar-refractivity contribution is 7.91. The number of cyclic esters (lactones) is 1. The molecule has 2 saturated carbocycles. The first-order valence-corrected chi connectivity index (χ1v) is 20.4. The van der Waals surface area contributed by atoms with Gasteiger partial charge in [-0.05, 0) is 82.1 Å². The molecular formula is C38H46N6O9S. The minimum absolute atomic E-state index is 0.00185. The van der Waals surface area contributed by atoms with Gasteiger partial charge in [0.2, 0.25) is 21.8 Å². The third kappa shape index (κ3) is 8.53. The molecule has 0 radical (unpaired) electrons. The number of pyridine rings is 1.